The van der Waals surface area contributed by atoms with E-state index in [0.717, 1.165) is 32.6 Å². The van der Waals surface area contributed by atoms with E-state index in [1.807, 2.05) is 12.1 Å². The van der Waals surface area contributed by atoms with Gasteiger partial charge in [-0.1, -0.05) is 58.2 Å². The summed E-state index contributed by atoms with van der Waals surface area (Å²) in [7, 11) is 0. The van der Waals surface area contributed by atoms with Gasteiger partial charge in [0, 0.05) is 0 Å². The van der Waals surface area contributed by atoms with Crippen LogP contribution in [-0.2, 0) is 0 Å². The summed E-state index contributed by atoms with van der Waals surface area (Å²) < 4.78 is 27.6. The van der Waals surface area contributed by atoms with E-state index in [2.05, 4.69) is 67.9 Å². The molecule has 1 aliphatic rings. The maximum atomic E-state index is 13.8. The van der Waals surface area contributed by atoms with Crippen molar-refractivity contribution < 1.29 is 8.78 Å². The molecule has 124 valence electrons. The van der Waals surface area contributed by atoms with Crippen LogP contribution >= 0.6 is 31.5 Å². The fraction of sp³-hybridized carbons (Fsp3) is 0. The van der Waals surface area contributed by atoms with Gasteiger partial charge in [-0.05, 0) is 45.8 Å². The van der Waals surface area contributed by atoms with Gasteiger partial charge in [0.05, 0.1) is 0 Å². The van der Waals surface area contributed by atoms with Gasteiger partial charge in [-0.3, -0.25) is 0 Å². The molecule has 0 nitrogen and oxygen atoms in total. The van der Waals surface area contributed by atoms with E-state index in [-0.39, 0.29) is 11.1 Å². The largest absolute Gasteiger partial charge is 0.286 e. The Balaban J connectivity index is 1.79. The maximum absolute atomic E-state index is 13.8. The highest BCUT2D eigenvalue weighted by Crippen LogP contribution is 2.23. The van der Waals surface area contributed by atoms with E-state index in [0.29, 0.717) is 0 Å². The standard InChI is InChI=1S/C20H10B2Br2F2/c23-21-15-7-13-5-11-3-1-2-4-12(11)6-14(13)8-16(15)22(24)18-10-20(26)19(25)9-17(18)21/h1-10H. The lowest BCUT2D eigenvalue weighted by molar-refractivity contribution is 0.510. The van der Waals surface area contributed by atoms with Crippen LogP contribution in [0.5, 0.6) is 0 Å². The van der Waals surface area contributed by atoms with Crippen molar-refractivity contribution in [2.45, 2.75) is 0 Å². The summed E-state index contributed by atoms with van der Waals surface area (Å²) in [5, 5.41) is 4.65. The number of benzene rings is 4. The molecular formula is C20H10B2Br2F2. The predicted molar refractivity (Wildman–Crippen MR) is 116 cm³/mol. The highest BCUT2D eigenvalue weighted by Gasteiger charge is 2.35. The van der Waals surface area contributed by atoms with Gasteiger partial charge in [0.15, 0.2) is 11.6 Å². The zero-order chi connectivity index (χ0) is 18.0. The molecule has 0 bridgehead atoms. The summed E-state index contributed by atoms with van der Waals surface area (Å²) in [6.45, 7) is 0. The SMILES string of the molecule is Fc1cc2c(cc1F)B(Br)c1cc3cc4ccccc4cc3cc1B2Br. The molecule has 6 heteroatoms. The Labute approximate surface area is 166 Å². The van der Waals surface area contributed by atoms with Crippen LogP contribution in [0.15, 0.2) is 60.7 Å². The van der Waals surface area contributed by atoms with Crippen LogP contribution in [0.1, 0.15) is 0 Å². The number of hydrogen-bond acceptors (Lipinski definition) is 0. The molecule has 0 saturated carbocycles. The van der Waals surface area contributed by atoms with E-state index >= 15 is 0 Å². The minimum Gasteiger partial charge on any atom is -0.204 e. The van der Waals surface area contributed by atoms with Gasteiger partial charge < -0.3 is 0 Å². The maximum Gasteiger partial charge on any atom is 0.286 e. The Morgan fingerprint density at radius 1 is 0.538 bits per heavy atom. The van der Waals surface area contributed by atoms with Crippen molar-refractivity contribution in [3.63, 3.8) is 0 Å². The molecule has 0 amide bonds. The van der Waals surface area contributed by atoms with Crippen LogP contribution in [0.3, 0.4) is 0 Å². The average molecular weight is 470 g/mol. The molecule has 4 aromatic carbocycles. The summed E-state index contributed by atoms with van der Waals surface area (Å²) in [6, 6.07) is 19.5. The molecule has 0 aromatic heterocycles. The van der Waals surface area contributed by atoms with Crippen molar-refractivity contribution in [2.75, 3.05) is 0 Å². The van der Waals surface area contributed by atoms with Gasteiger partial charge in [-0.15, -0.1) is 31.5 Å². The minimum absolute atomic E-state index is 0.174. The number of rotatable bonds is 0. The van der Waals surface area contributed by atoms with Crippen LogP contribution < -0.4 is 21.9 Å². The van der Waals surface area contributed by atoms with E-state index in [1.165, 1.54) is 22.9 Å². The predicted octanol–water partition coefficient (Wildman–Crippen LogP) is 3.59. The van der Waals surface area contributed by atoms with Crippen molar-refractivity contribution in [1.82, 2.24) is 0 Å². The molecule has 5 rings (SSSR count). The van der Waals surface area contributed by atoms with Crippen LogP contribution in [-0.4, -0.2) is 11.1 Å². The van der Waals surface area contributed by atoms with E-state index in [9.17, 15) is 8.78 Å². The first-order valence-electron chi connectivity index (χ1n) is 8.26. The van der Waals surface area contributed by atoms with Gasteiger partial charge in [0.1, 0.15) is 0 Å². The Morgan fingerprint density at radius 2 is 0.923 bits per heavy atom. The Hall–Kier alpha value is -1.65. The molecule has 1 heterocycles. The molecule has 26 heavy (non-hydrogen) atoms. The molecule has 4 aromatic rings. The molecule has 0 atom stereocenters. The summed E-state index contributed by atoms with van der Waals surface area (Å²) in [5.41, 5.74) is 3.33. The zero-order valence-electron chi connectivity index (χ0n) is 13.4. The van der Waals surface area contributed by atoms with Gasteiger partial charge in [-0.25, -0.2) is 8.78 Å². The first-order chi connectivity index (χ1) is 12.5. The van der Waals surface area contributed by atoms with Crippen LogP contribution in [0.25, 0.3) is 21.5 Å². The molecule has 0 radical (unpaired) electrons. The highest BCUT2D eigenvalue weighted by atomic mass is 79.9. The lowest BCUT2D eigenvalue weighted by atomic mass is 9.43. The highest BCUT2D eigenvalue weighted by molar-refractivity contribution is 9.26. The van der Waals surface area contributed by atoms with Crippen molar-refractivity contribution in [2.24, 2.45) is 0 Å². The summed E-state index contributed by atoms with van der Waals surface area (Å²) in [6.07, 6.45) is 0. The zero-order valence-corrected chi connectivity index (χ0v) is 16.6. The molecule has 1 aliphatic heterocycles. The van der Waals surface area contributed by atoms with Crippen molar-refractivity contribution in [3.05, 3.63) is 72.3 Å². The third-order valence-electron chi connectivity index (χ3n) is 5.12. The number of fused-ring (bicyclic) bond motifs is 4. The van der Waals surface area contributed by atoms with Crippen molar-refractivity contribution >= 4 is 86.0 Å². The Morgan fingerprint density at radius 3 is 1.35 bits per heavy atom. The number of hydrogen-bond donors (Lipinski definition) is 0. The lowest BCUT2D eigenvalue weighted by Gasteiger charge is -2.26. The molecule has 0 spiro atoms. The quantitative estimate of drug-likeness (QED) is 0.273. The van der Waals surface area contributed by atoms with Crippen LogP contribution in [0.4, 0.5) is 8.78 Å². The summed E-state index contributed by atoms with van der Waals surface area (Å²) in [4.78, 5) is 0. The van der Waals surface area contributed by atoms with Gasteiger partial charge in [0.25, 0.3) is 11.1 Å². The fourth-order valence-corrected chi connectivity index (χ4v) is 5.40. The molecule has 0 saturated heterocycles. The number of halogens is 4. The van der Waals surface area contributed by atoms with E-state index in [4.69, 9.17) is 0 Å². The second-order valence-corrected chi connectivity index (χ2v) is 8.48. The Bertz CT molecular complexity index is 1120. The third-order valence-corrected chi connectivity index (χ3v) is 7.10. The topological polar surface area (TPSA) is 0 Å². The fourth-order valence-electron chi connectivity index (χ4n) is 3.82. The first-order valence-corrected chi connectivity index (χ1v) is 10.1. The van der Waals surface area contributed by atoms with E-state index in [1.54, 1.807) is 0 Å². The van der Waals surface area contributed by atoms with Crippen molar-refractivity contribution in [1.29, 1.82) is 0 Å². The van der Waals surface area contributed by atoms with Gasteiger partial charge in [0.2, 0.25) is 0 Å². The summed E-state index contributed by atoms with van der Waals surface area (Å²) in [5.74, 6) is -1.63. The molecular weight excluding hydrogens is 460 g/mol. The normalized spacial score (nSPS) is 13.2. The van der Waals surface area contributed by atoms with Gasteiger partial charge in [-0.2, -0.15) is 0 Å². The van der Waals surface area contributed by atoms with E-state index < -0.39 is 11.6 Å². The van der Waals surface area contributed by atoms with Crippen molar-refractivity contribution in [3.8, 4) is 0 Å². The first kappa shape index (κ1) is 16.5. The monoisotopic (exact) mass is 468 g/mol. The smallest absolute Gasteiger partial charge is 0.204 e. The van der Waals surface area contributed by atoms with Gasteiger partial charge >= 0.3 is 0 Å². The third kappa shape index (κ3) is 2.39. The lowest BCUT2D eigenvalue weighted by Crippen LogP contribution is -2.65. The minimum atomic E-state index is -0.817. The van der Waals surface area contributed by atoms with Crippen LogP contribution in [0, 0.1) is 11.6 Å². The van der Waals surface area contributed by atoms with Crippen LogP contribution in [0.2, 0.25) is 0 Å². The molecule has 0 fully saturated rings. The molecule has 0 N–H and O–H groups in total. The average Bonchev–Trinajstić information content (AvgIpc) is 2.65. The second kappa shape index (κ2) is 5.93. The summed E-state index contributed by atoms with van der Waals surface area (Å²) >= 11 is 7.40. The molecule has 0 unspecified atom stereocenters. The Kier molecular flexibility index (Phi) is 3.77. The second-order valence-electron chi connectivity index (χ2n) is 6.65. The molecule has 0 aliphatic carbocycles.